The topological polar surface area (TPSA) is 81.1 Å². The van der Waals surface area contributed by atoms with E-state index in [9.17, 15) is 4.79 Å². The quantitative estimate of drug-likeness (QED) is 0.442. The van der Waals surface area contributed by atoms with Gasteiger partial charge in [0.05, 0.1) is 0 Å². The predicted molar refractivity (Wildman–Crippen MR) is 78.5 cm³/mol. The number of rotatable bonds is 9. The van der Waals surface area contributed by atoms with E-state index in [-0.39, 0.29) is 11.9 Å². The van der Waals surface area contributed by atoms with E-state index in [1.807, 2.05) is 6.92 Å². The van der Waals surface area contributed by atoms with Crippen molar-refractivity contribution in [3.63, 3.8) is 0 Å². The summed E-state index contributed by atoms with van der Waals surface area (Å²) >= 11 is 0. The lowest BCUT2D eigenvalue weighted by atomic mass is 9.99. The van der Waals surface area contributed by atoms with E-state index < -0.39 is 0 Å². The zero-order valence-corrected chi connectivity index (χ0v) is 12.6. The first-order chi connectivity index (χ1) is 7.95. The van der Waals surface area contributed by atoms with Gasteiger partial charge in [-0.3, -0.25) is 9.93 Å². The van der Waals surface area contributed by atoms with Gasteiger partial charge in [-0.2, -0.15) is 0 Å². The van der Waals surface area contributed by atoms with Crippen LogP contribution in [-0.4, -0.2) is 24.2 Å². The van der Waals surface area contributed by atoms with Crippen LogP contribution in [0.15, 0.2) is 0 Å². The molecule has 6 heteroatoms. The van der Waals surface area contributed by atoms with E-state index in [2.05, 4.69) is 19.2 Å². The maximum atomic E-state index is 11.6. The highest BCUT2D eigenvalue weighted by Gasteiger charge is 2.11. The molecule has 0 saturated heterocycles. The summed E-state index contributed by atoms with van der Waals surface area (Å²) < 4.78 is 0. The molecule has 0 aromatic rings. The van der Waals surface area contributed by atoms with Gasteiger partial charge < -0.3 is 11.1 Å². The van der Waals surface area contributed by atoms with Crippen LogP contribution < -0.4 is 16.2 Å². The summed E-state index contributed by atoms with van der Waals surface area (Å²) in [5.74, 6) is 1.87. The molecule has 0 bridgehead atoms. The highest BCUT2D eigenvalue weighted by atomic mass is 33.1. The van der Waals surface area contributed by atoms with Gasteiger partial charge in [0.2, 0.25) is 5.91 Å². The fourth-order valence-electron chi connectivity index (χ4n) is 1.61. The van der Waals surface area contributed by atoms with Crippen molar-refractivity contribution in [2.75, 3.05) is 12.3 Å². The summed E-state index contributed by atoms with van der Waals surface area (Å²) in [7, 11) is 2.89. The molecule has 102 valence electrons. The largest absolute Gasteiger partial charge is 0.356 e. The SMILES string of the molecule is CC(N)CC(C)CC(=O)NCC(C)CSSN. The smallest absolute Gasteiger partial charge is 0.220 e. The number of amides is 1. The van der Waals surface area contributed by atoms with E-state index in [0.29, 0.717) is 18.3 Å². The second-order valence-electron chi connectivity index (χ2n) is 4.81. The van der Waals surface area contributed by atoms with Crippen LogP contribution in [0.4, 0.5) is 0 Å². The number of hydrogen-bond donors (Lipinski definition) is 3. The van der Waals surface area contributed by atoms with Gasteiger partial charge in [0.25, 0.3) is 0 Å². The molecule has 0 saturated carbocycles. The lowest BCUT2D eigenvalue weighted by Crippen LogP contribution is -2.31. The van der Waals surface area contributed by atoms with Crippen molar-refractivity contribution in [3.05, 3.63) is 0 Å². The Labute approximate surface area is 113 Å². The summed E-state index contributed by atoms with van der Waals surface area (Å²) in [6, 6.07) is 0.162. The molecule has 0 aromatic heterocycles. The lowest BCUT2D eigenvalue weighted by molar-refractivity contribution is -0.122. The van der Waals surface area contributed by atoms with Crippen LogP contribution in [0.3, 0.4) is 0 Å². The monoisotopic (exact) mass is 279 g/mol. The van der Waals surface area contributed by atoms with Crippen LogP contribution in [-0.2, 0) is 4.79 Å². The van der Waals surface area contributed by atoms with Crippen LogP contribution in [0, 0.1) is 11.8 Å². The maximum Gasteiger partial charge on any atom is 0.220 e. The first-order valence-corrected chi connectivity index (χ1v) is 8.34. The van der Waals surface area contributed by atoms with E-state index in [1.165, 1.54) is 11.0 Å². The van der Waals surface area contributed by atoms with Crippen molar-refractivity contribution in [2.24, 2.45) is 22.7 Å². The van der Waals surface area contributed by atoms with E-state index in [4.69, 9.17) is 10.9 Å². The molecule has 0 aliphatic rings. The molecule has 3 atom stereocenters. The summed E-state index contributed by atoms with van der Waals surface area (Å²) in [5.41, 5.74) is 5.70. The predicted octanol–water partition coefficient (Wildman–Crippen LogP) is 1.76. The van der Waals surface area contributed by atoms with Crippen molar-refractivity contribution in [1.82, 2.24) is 5.32 Å². The third kappa shape index (κ3) is 10.9. The fraction of sp³-hybridized carbons (Fsp3) is 0.909. The third-order valence-corrected chi connectivity index (χ3v) is 4.03. The number of carbonyl (C=O) groups excluding carboxylic acids is 1. The van der Waals surface area contributed by atoms with Gasteiger partial charge in [-0.15, -0.1) is 0 Å². The van der Waals surface area contributed by atoms with Gasteiger partial charge in [-0.1, -0.05) is 24.6 Å². The molecule has 0 heterocycles. The Hall–Kier alpha value is 0.0900. The zero-order chi connectivity index (χ0) is 13.3. The summed E-state index contributed by atoms with van der Waals surface area (Å²) in [6.45, 7) is 6.86. The fourth-order valence-corrected chi connectivity index (χ4v) is 2.97. The van der Waals surface area contributed by atoms with Crippen molar-refractivity contribution in [3.8, 4) is 0 Å². The van der Waals surface area contributed by atoms with Crippen LogP contribution >= 0.6 is 21.8 Å². The highest BCUT2D eigenvalue weighted by Crippen LogP contribution is 2.17. The normalized spacial score (nSPS) is 16.3. The van der Waals surface area contributed by atoms with Gasteiger partial charge in [0.15, 0.2) is 0 Å². The molecule has 1 amide bonds. The minimum Gasteiger partial charge on any atom is -0.356 e. The first-order valence-electron chi connectivity index (χ1n) is 5.96. The number of carbonyl (C=O) groups is 1. The molecule has 0 fully saturated rings. The van der Waals surface area contributed by atoms with Gasteiger partial charge in [0.1, 0.15) is 0 Å². The van der Waals surface area contributed by atoms with E-state index in [1.54, 1.807) is 10.8 Å². The first kappa shape index (κ1) is 17.1. The zero-order valence-electron chi connectivity index (χ0n) is 10.9. The van der Waals surface area contributed by atoms with Gasteiger partial charge in [-0.25, -0.2) is 0 Å². The maximum absolute atomic E-state index is 11.6. The molecule has 0 aliphatic heterocycles. The Morgan fingerprint density at radius 1 is 1.29 bits per heavy atom. The number of nitrogens with two attached hydrogens (primary N) is 2. The number of hydrogen-bond acceptors (Lipinski definition) is 5. The number of nitrogens with one attached hydrogen (secondary N) is 1. The minimum atomic E-state index is 0.121. The molecule has 17 heavy (non-hydrogen) atoms. The van der Waals surface area contributed by atoms with Crippen molar-refractivity contribution in [2.45, 2.75) is 39.7 Å². The average Bonchev–Trinajstić information content (AvgIpc) is 2.22. The average molecular weight is 279 g/mol. The Balaban J connectivity index is 3.64. The van der Waals surface area contributed by atoms with Crippen LogP contribution in [0.5, 0.6) is 0 Å². The molecule has 4 nitrogen and oxygen atoms in total. The van der Waals surface area contributed by atoms with Crippen LogP contribution in [0.1, 0.15) is 33.6 Å². The summed E-state index contributed by atoms with van der Waals surface area (Å²) in [4.78, 5) is 11.6. The molecule has 0 radical (unpaired) electrons. The Bertz CT molecular complexity index is 215. The molecule has 0 aromatic carbocycles. The Kier molecular flexibility index (Phi) is 10.1. The van der Waals surface area contributed by atoms with Gasteiger partial charge in [-0.05, 0) is 36.2 Å². The lowest BCUT2D eigenvalue weighted by Gasteiger charge is -2.15. The standard InChI is InChI=1S/C11H25N3OS2/c1-8(4-10(3)12)5-11(15)14-6-9(2)7-16-17-13/h8-10H,4-7,12-13H2,1-3H3,(H,14,15). The molecular formula is C11H25N3OS2. The van der Waals surface area contributed by atoms with Crippen molar-refractivity contribution in [1.29, 1.82) is 0 Å². The molecular weight excluding hydrogens is 254 g/mol. The molecule has 5 N–H and O–H groups in total. The van der Waals surface area contributed by atoms with Crippen LogP contribution in [0.2, 0.25) is 0 Å². The molecule has 0 aliphatic carbocycles. The van der Waals surface area contributed by atoms with Gasteiger partial charge in [0, 0.05) is 24.8 Å². The Morgan fingerprint density at radius 3 is 2.47 bits per heavy atom. The Morgan fingerprint density at radius 2 is 1.94 bits per heavy atom. The van der Waals surface area contributed by atoms with Crippen LogP contribution in [0.25, 0.3) is 0 Å². The molecule has 0 rings (SSSR count). The van der Waals surface area contributed by atoms with E-state index in [0.717, 1.165) is 18.7 Å². The highest BCUT2D eigenvalue weighted by molar-refractivity contribution is 8.75. The summed E-state index contributed by atoms with van der Waals surface area (Å²) in [5, 5.41) is 8.28. The minimum absolute atomic E-state index is 0.121. The summed E-state index contributed by atoms with van der Waals surface area (Å²) in [6.07, 6.45) is 1.45. The van der Waals surface area contributed by atoms with Crippen molar-refractivity contribution >= 4 is 27.7 Å². The van der Waals surface area contributed by atoms with E-state index >= 15 is 0 Å². The molecule has 0 spiro atoms. The second kappa shape index (κ2) is 10.1. The van der Waals surface area contributed by atoms with Gasteiger partial charge >= 0.3 is 0 Å². The third-order valence-electron chi connectivity index (χ3n) is 2.38. The van der Waals surface area contributed by atoms with Crippen molar-refractivity contribution < 1.29 is 4.79 Å². The second-order valence-corrected chi connectivity index (χ2v) is 6.86. The molecule has 3 unspecified atom stereocenters.